The van der Waals surface area contributed by atoms with Gasteiger partial charge in [0.25, 0.3) is 0 Å². The van der Waals surface area contributed by atoms with Crippen LogP contribution in [0, 0.1) is 0 Å². The van der Waals surface area contributed by atoms with Crippen molar-refractivity contribution in [3.8, 4) is 0 Å². The summed E-state index contributed by atoms with van der Waals surface area (Å²) in [5, 5.41) is 4.65. The third-order valence-electron chi connectivity index (χ3n) is 2.20. The second kappa shape index (κ2) is 6.64. The van der Waals surface area contributed by atoms with E-state index in [1.54, 1.807) is 0 Å². The molecule has 1 unspecified atom stereocenters. The molecule has 0 saturated carbocycles. The van der Waals surface area contributed by atoms with Crippen LogP contribution in [0.2, 0.25) is 10.0 Å². The van der Waals surface area contributed by atoms with Gasteiger partial charge in [0.2, 0.25) is 0 Å². The molecule has 0 aliphatic rings. The first-order chi connectivity index (χ1) is 7.15. The van der Waals surface area contributed by atoms with Crippen LogP contribution in [0.3, 0.4) is 0 Å². The average molecular weight is 264 g/mol. The number of nitrogens with one attached hydrogen (secondary N) is 1. The van der Waals surface area contributed by atoms with Gasteiger partial charge in [0, 0.05) is 18.3 Å². The first-order valence-electron chi connectivity index (χ1n) is 4.82. The van der Waals surface area contributed by atoms with E-state index in [1.807, 2.05) is 30.0 Å². The van der Waals surface area contributed by atoms with E-state index < -0.39 is 0 Å². The van der Waals surface area contributed by atoms with Gasteiger partial charge in [-0.25, -0.2) is 0 Å². The molecule has 1 N–H and O–H groups in total. The molecule has 0 aliphatic heterocycles. The van der Waals surface area contributed by atoms with E-state index in [9.17, 15) is 0 Å². The van der Waals surface area contributed by atoms with Crippen LogP contribution in [0.25, 0.3) is 0 Å². The summed E-state index contributed by atoms with van der Waals surface area (Å²) in [5.41, 5.74) is 1.17. The predicted molar refractivity (Wildman–Crippen MR) is 71.3 cm³/mol. The Kier molecular flexibility index (Phi) is 5.83. The van der Waals surface area contributed by atoms with E-state index in [1.165, 1.54) is 5.56 Å². The largest absolute Gasteiger partial charge is 0.309 e. The number of rotatable bonds is 5. The Bertz CT molecular complexity index is 317. The van der Waals surface area contributed by atoms with Crippen molar-refractivity contribution in [2.45, 2.75) is 13.0 Å². The third-order valence-corrected chi connectivity index (χ3v) is 3.55. The normalized spacial score (nSPS) is 12.8. The molecule has 1 aromatic rings. The molecule has 0 bridgehead atoms. The number of thioether (sulfide) groups is 1. The van der Waals surface area contributed by atoms with Crippen LogP contribution in [-0.2, 0) is 0 Å². The van der Waals surface area contributed by atoms with Crippen LogP contribution in [0.5, 0.6) is 0 Å². The highest BCUT2D eigenvalue weighted by Crippen LogP contribution is 2.25. The SMILES string of the molecule is CSCCNC(C)c1ccc(Cl)c(Cl)c1. The fourth-order valence-corrected chi connectivity index (χ4v) is 1.91. The van der Waals surface area contributed by atoms with Crippen molar-refractivity contribution >= 4 is 35.0 Å². The van der Waals surface area contributed by atoms with Crippen molar-refractivity contribution in [2.24, 2.45) is 0 Å². The number of halogens is 2. The molecule has 0 spiro atoms. The Labute approximate surface area is 106 Å². The zero-order valence-corrected chi connectivity index (χ0v) is 11.2. The molecule has 15 heavy (non-hydrogen) atoms. The minimum atomic E-state index is 0.312. The maximum atomic E-state index is 5.96. The second-order valence-electron chi connectivity index (χ2n) is 3.34. The van der Waals surface area contributed by atoms with Crippen LogP contribution >= 0.6 is 35.0 Å². The van der Waals surface area contributed by atoms with E-state index in [4.69, 9.17) is 23.2 Å². The topological polar surface area (TPSA) is 12.0 Å². The smallest absolute Gasteiger partial charge is 0.0595 e. The van der Waals surface area contributed by atoms with Crippen molar-refractivity contribution in [1.82, 2.24) is 5.32 Å². The molecule has 0 saturated heterocycles. The zero-order valence-electron chi connectivity index (χ0n) is 8.89. The summed E-state index contributed by atoms with van der Waals surface area (Å²) in [4.78, 5) is 0. The van der Waals surface area contributed by atoms with Gasteiger partial charge < -0.3 is 5.32 Å². The Morgan fingerprint density at radius 2 is 2.07 bits per heavy atom. The lowest BCUT2D eigenvalue weighted by molar-refractivity contribution is 0.601. The first kappa shape index (κ1) is 13.2. The van der Waals surface area contributed by atoms with Crippen molar-refractivity contribution in [3.63, 3.8) is 0 Å². The molecule has 0 radical (unpaired) electrons. The minimum Gasteiger partial charge on any atom is -0.309 e. The van der Waals surface area contributed by atoms with E-state index in [0.717, 1.165) is 12.3 Å². The van der Waals surface area contributed by atoms with Gasteiger partial charge in [-0.05, 0) is 30.9 Å². The van der Waals surface area contributed by atoms with E-state index >= 15 is 0 Å². The summed E-state index contributed by atoms with van der Waals surface area (Å²) in [6, 6.07) is 6.07. The van der Waals surface area contributed by atoms with Crippen LogP contribution in [0.1, 0.15) is 18.5 Å². The van der Waals surface area contributed by atoms with E-state index in [0.29, 0.717) is 16.1 Å². The molecule has 0 aliphatic carbocycles. The Morgan fingerprint density at radius 3 is 2.67 bits per heavy atom. The molecule has 1 nitrogen and oxygen atoms in total. The van der Waals surface area contributed by atoms with Gasteiger partial charge in [0.05, 0.1) is 10.0 Å². The molecule has 0 aromatic heterocycles. The summed E-state index contributed by atoms with van der Waals surface area (Å²) in [6.07, 6.45) is 2.10. The number of benzene rings is 1. The molecule has 0 amide bonds. The summed E-state index contributed by atoms with van der Waals surface area (Å²) in [6.45, 7) is 3.13. The van der Waals surface area contributed by atoms with Crippen molar-refractivity contribution < 1.29 is 0 Å². The summed E-state index contributed by atoms with van der Waals surface area (Å²) in [7, 11) is 0. The Hall–Kier alpha value is 0.110. The molecular weight excluding hydrogens is 249 g/mol. The van der Waals surface area contributed by atoms with Crippen molar-refractivity contribution in [1.29, 1.82) is 0 Å². The van der Waals surface area contributed by atoms with Gasteiger partial charge in [-0.1, -0.05) is 29.3 Å². The predicted octanol–water partition coefficient (Wildman–Crippen LogP) is 4.01. The second-order valence-corrected chi connectivity index (χ2v) is 5.14. The average Bonchev–Trinajstić information content (AvgIpc) is 2.22. The maximum absolute atomic E-state index is 5.96. The molecule has 1 aromatic carbocycles. The highest BCUT2D eigenvalue weighted by Gasteiger charge is 2.06. The lowest BCUT2D eigenvalue weighted by Crippen LogP contribution is -2.21. The standard InChI is InChI=1S/C11H15Cl2NS/c1-8(14-5-6-15-2)9-3-4-10(12)11(13)7-9/h3-4,7-8,14H,5-6H2,1-2H3. The molecule has 0 heterocycles. The molecular formula is C11H15Cl2NS. The number of hydrogen-bond acceptors (Lipinski definition) is 2. The molecule has 1 atom stereocenters. The van der Waals surface area contributed by atoms with Gasteiger partial charge in [-0.2, -0.15) is 11.8 Å². The molecule has 84 valence electrons. The lowest BCUT2D eigenvalue weighted by Gasteiger charge is -2.14. The van der Waals surface area contributed by atoms with Crippen molar-refractivity contribution in [3.05, 3.63) is 33.8 Å². The summed E-state index contributed by atoms with van der Waals surface area (Å²) >= 11 is 13.6. The highest BCUT2D eigenvalue weighted by molar-refractivity contribution is 7.98. The van der Waals surface area contributed by atoms with Crippen LogP contribution in [0.15, 0.2) is 18.2 Å². The molecule has 4 heteroatoms. The minimum absolute atomic E-state index is 0.312. The monoisotopic (exact) mass is 263 g/mol. The fourth-order valence-electron chi connectivity index (χ4n) is 1.28. The van der Waals surface area contributed by atoms with Gasteiger partial charge in [-0.15, -0.1) is 0 Å². The van der Waals surface area contributed by atoms with Crippen LogP contribution in [0.4, 0.5) is 0 Å². The van der Waals surface area contributed by atoms with Crippen molar-refractivity contribution in [2.75, 3.05) is 18.6 Å². The maximum Gasteiger partial charge on any atom is 0.0595 e. The highest BCUT2D eigenvalue weighted by atomic mass is 35.5. The fraction of sp³-hybridized carbons (Fsp3) is 0.455. The van der Waals surface area contributed by atoms with Crippen LogP contribution in [-0.4, -0.2) is 18.6 Å². The summed E-state index contributed by atoms with van der Waals surface area (Å²) in [5.74, 6) is 1.12. The van der Waals surface area contributed by atoms with E-state index in [-0.39, 0.29) is 0 Å². The molecule has 0 fully saturated rings. The van der Waals surface area contributed by atoms with Crippen LogP contribution < -0.4 is 5.32 Å². The third kappa shape index (κ3) is 4.23. The van der Waals surface area contributed by atoms with Gasteiger partial charge >= 0.3 is 0 Å². The summed E-state index contributed by atoms with van der Waals surface area (Å²) < 4.78 is 0. The first-order valence-corrected chi connectivity index (χ1v) is 6.97. The van der Waals surface area contributed by atoms with E-state index in [2.05, 4.69) is 18.5 Å². The van der Waals surface area contributed by atoms with Gasteiger partial charge in [-0.3, -0.25) is 0 Å². The Morgan fingerprint density at radius 1 is 1.33 bits per heavy atom. The Balaban J connectivity index is 2.57. The van der Waals surface area contributed by atoms with Gasteiger partial charge in [0.1, 0.15) is 0 Å². The molecule has 1 rings (SSSR count). The van der Waals surface area contributed by atoms with Gasteiger partial charge in [0.15, 0.2) is 0 Å². The lowest BCUT2D eigenvalue weighted by atomic mass is 10.1. The zero-order chi connectivity index (χ0) is 11.3. The number of hydrogen-bond donors (Lipinski definition) is 1. The quantitative estimate of drug-likeness (QED) is 0.806.